The first-order valence-corrected chi connectivity index (χ1v) is 7.93. The van der Waals surface area contributed by atoms with E-state index in [1.807, 2.05) is 44.2 Å². The minimum absolute atomic E-state index is 0.150. The molecule has 0 aliphatic rings. The summed E-state index contributed by atoms with van der Waals surface area (Å²) < 4.78 is 7.29. The van der Waals surface area contributed by atoms with Crippen molar-refractivity contribution < 1.29 is 4.74 Å². The van der Waals surface area contributed by atoms with E-state index in [0.29, 0.717) is 0 Å². The summed E-state index contributed by atoms with van der Waals surface area (Å²) in [5.41, 5.74) is 7.29. The van der Waals surface area contributed by atoms with E-state index in [0.717, 1.165) is 25.0 Å². The Balaban J connectivity index is 2.25. The van der Waals surface area contributed by atoms with Gasteiger partial charge in [0.2, 0.25) is 0 Å². The summed E-state index contributed by atoms with van der Waals surface area (Å²) in [7, 11) is 0. The lowest BCUT2D eigenvalue weighted by molar-refractivity contribution is 0.242. The highest BCUT2D eigenvalue weighted by Crippen LogP contribution is 2.36. The molecule has 0 saturated heterocycles. The van der Waals surface area contributed by atoms with Crippen molar-refractivity contribution in [3.8, 4) is 5.75 Å². The Morgan fingerprint density at radius 1 is 1.32 bits per heavy atom. The Morgan fingerprint density at radius 2 is 2.05 bits per heavy atom. The third kappa shape index (κ3) is 3.72. The van der Waals surface area contributed by atoms with Gasteiger partial charge in [0.05, 0.1) is 12.1 Å². The van der Waals surface area contributed by atoms with Crippen LogP contribution < -0.4 is 10.5 Å². The van der Waals surface area contributed by atoms with Crippen LogP contribution in [0.1, 0.15) is 30.3 Å². The van der Waals surface area contributed by atoms with E-state index in [1.165, 1.54) is 11.3 Å². The normalized spacial score (nSPS) is 12.7. The molecule has 0 saturated carbocycles. The van der Waals surface area contributed by atoms with Crippen LogP contribution in [0.25, 0.3) is 0 Å². The zero-order valence-corrected chi connectivity index (χ0v) is 13.8. The molecule has 1 aromatic carbocycles. The Bertz CT molecular complexity index is 551. The average molecular weight is 361 g/mol. The number of ether oxygens (including phenoxy) is 1. The van der Waals surface area contributed by atoms with Crippen molar-refractivity contribution in [2.24, 2.45) is 5.73 Å². The predicted octanol–water partition coefficient (Wildman–Crippen LogP) is 5.00. The first-order chi connectivity index (χ1) is 8.97. The lowest BCUT2D eigenvalue weighted by Crippen LogP contribution is -2.11. The van der Waals surface area contributed by atoms with E-state index < -0.39 is 0 Å². The Morgan fingerprint density at radius 3 is 2.63 bits per heavy atom. The molecule has 0 spiro atoms. The molecule has 0 amide bonds. The Kier molecular flexibility index (Phi) is 4.90. The highest BCUT2D eigenvalue weighted by atomic mass is 79.9. The molecule has 0 radical (unpaired) electrons. The van der Waals surface area contributed by atoms with E-state index in [-0.39, 0.29) is 12.1 Å². The fourth-order valence-electron chi connectivity index (χ4n) is 1.73. The van der Waals surface area contributed by atoms with Gasteiger partial charge in [0, 0.05) is 9.35 Å². The second-order valence-electron chi connectivity index (χ2n) is 4.49. The quantitative estimate of drug-likeness (QED) is 0.832. The van der Waals surface area contributed by atoms with Crippen LogP contribution in [0.2, 0.25) is 4.34 Å². The maximum atomic E-state index is 6.27. The molecule has 0 aliphatic heterocycles. The highest BCUT2D eigenvalue weighted by Gasteiger charge is 2.14. The van der Waals surface area contributed by atoms with E-state index in [9.17, 15) is 0 Å². The highest BCUT2D eigenvalue weighted by molar-refractivity contribution is 9.10. The number of benzene rings is 1. The third-order valence-electron chi connectivity index (χ3n) is 2.56. The second-order valence-corrected chi connectivity index (χ2v) is 7.03. The summed E-state index contributed by atoms with van der Waals surface area (Å²) in [6.07, 6.45) is 0.150. The monoisotopic (exact) mass is 359 g/mol. The topological polar surface area (TPSA) is 35.2 Å². The van der Waals surface area contributed by atoms with Gasteiger partial charge in [-0.1, -0.05) is 23.7 Å². The molecule has 1 heterocycles. The predicted molar refractivity (Wildman–Crippen MR) is 85.3 cm³/mol. The summed E-state index contributed by atoms with van der Waals surface area (Å²) in [5, 5.41) is 0. The van der Waals surface area contributed by atoms with Gasteiger partial charge in [-0.05, 0) is 53.5 Å². The summed E-state index contributed by atoms with van der Waals surface area (Å²) in [5.74, 6) is 0.838. The van der Waals surface area contributed by atoms with Crippen LogP contribution in [0.3, 0.4) is 0 Å². The standard InChI is InChI=1S/C14H15BrClNOS/c1-8(2)18-10-5-3-4-9(6-10)13(17)12-7-11(15)14(16)19-12/h3-8,13H,17H2,1-2H3. The molecule has 2 N–H and O–H groups in total. The van der Waals surface area contributed by atoms with Crippen molar-refractivity contribution in [3.63, 3.8) is 0 Å². The molecule has 19 heavy (non-hydrogen) atoms. The third-order valence-corrected chi connectivity index (χ3v) is 5.12. The van der Waals surface area contributed by atoms with Gasteiger partial charge in [-0.15, -0.1) is 11.3 Å². The van der Waals surface area contributed by atoms with Gasteiger partial charge in [-0.25, -0.2) is 0 Å². The molecule has 1 atom stereocenters. The van der Waals surface area contributed by atoms with Gasteiger partial charge in [-0.3, -0.25) is 0 Å². The van der Waals surface area contributed by atoms with Crippen LogP contribution in [0.4, 0.5) is 0 Å². The van der Waals surface area contributed by atoms with E-state index >= 15 is 0 Å². The van der Waals surface area contributed by atoms with Crippen LogP contribution in [0, 0.1) is 0 Å². The molecule has 0 bridgehead atoms. The molecule has 0 fully saturated rings. The van der Waals surface area contributed by atoms with Crippen molar-refractivity contribution in [1.82, 2.24) is 0 Å². The van der Waals surface area contributed by atoms with Crippen LogP contribution in [0.5, 0.6) is 5.75 Å². The number of rotatable bonds is 4. The fourth-order valence-corrected chi connectivity index (χ4v) is 3.50. The SMILES string of the molecule is CC(C)Oc1cccc(C(N)c2cc(Br)c(Cl)s2)c1. The van der Waals surface area contributed by atoms with Gasteiger partial charge in [0.15, 0.2) is 0 Å². The number of hydrogen-bond donors (Lipinski definition) is 1. The van der Waals surface area contributed by atoms with Crippen LogP contribution in [-0.2, 0) is 0 Å². The summed E-state index contributed by atoms with van der Waals surface area (Å²) in [4.78, 5) is 1.03. The van der Waals surface area contributed by atoms with Crippen molar-refractivity contribution in [1.29, 1.82) is 0 Å². The molecular weight excluding hydrogens is 346 g/mol. The van der Waals surface area contributed by atoms with Gasteiger partial charge < -0.3 is 10.5 Å². The number of thiophene rings is 1. The molecule has 2 nitrogen and oxygen atoms in total. The Labute approximate surface area is 130 Å². The molecule has 5 heteroatoms. The first kappa shape index (κ1) is 14.9. The van der Waals surface area contributed by atoms with Crippen molar-refractivity contribution in [3.05, 3.63) is 49.6 Å². The zero-order chi connectivity index (χ0) is 14.0. The number of hydrogen-bond acceptors (Lipinski definition) is 3. The summed E-state index contributed by atoms with van der Waals surface area (Å²) in [6, 6.07) is 9.65. The minimum Gasteiger partial charge on any atom is -0.491 e. The molecular formula is C14H15BrClNOS. The van der Waals surface area contributed by atoms with Crippen molar-refractivity contribution in [2.45, 2.75) is 26.0 Å². The second kappa shape index (κ2) is 6.27. The van der Waals surface area contributed by atoms with E-state index in [2.05, 4.69) is 15.9 Å². The average Bonchev–Trinajstić information content (AvgIpc) is 2.68. The van der Waals surface area contributed by atoms with Crippen LogP contribution in [0.15, 0.2) is 34.8 Å². The minimum atomic E-state index is -0.190. The number of halogens is 2. The smallest absolute Gasteiger partial charge is 0.120 e. The fraction of sp³-hybridized carbons (Fsp3) is 0.286. The first-order valence-electron chi connectivity index (χ1n) is 5.94. The lowest BCUT2D eigenvalue weighted by Gasteiger charge is -2.14. The zero-order valence-electron chi connectivity index (χ0n) is 10.7. The van der Waals surface area contributed by atoms with E-state index in [1.54, 1.807) is 0 Å². The lowest BCUT2D eigenvalue weighted by atomic mass is 10.1. The van der Waals surface area contributed by atoms with Crippen molar-refractivity contribution in [2.75, 3.05) is 0 Å². The molecule has 1 unspecified atom stereocenters. The molecule has 0 aliphatic carbocycles. The Hall–Kier alpha value is -0.550. The largest absolute Gasteiger partial charge is 0.491 e. The number of nitrogens with two attached hydrogens (primary N) is 1. The van der Waals surface area contributed by atoms with Gasteiger partial charge in [0.25, 0.3) is 0 Å². The summed E-state index contributed by atoms with van der Waals surface area (Å²) >= 11 is 10.9. The van der Waals surface area contributed by atoms with Gasteiger partial charge >= 0.3 is 0 Å². The maximum Gasteiger partial charge on any atom is 0.120 e. The van der Waals surface area contributed by atoms with Gasteiger partial charge in [-0.2, -0.15) is 0 Å². The maximum absolute atomic E-state index is 6.27. The van der Waals surface area contributed by atoms with Crippen molar-refractivity contribution >= 4 is 38.9 Å². The molecule has 2 aromatic rings. The van der Waals surface area contributed by atoms with E-state index in [4.69, 9.17) is 22.1 Å². The van der Waals surface area contributed by atoms with Crippen LogP contribution >= 0.6 is 38.9 Å². The molecule has 2 rings (SSSR count). The molecule has 1 aromatic heterocycles. The van der Waals surface area contributed by atoms with Gasteiger partial charge in [0.1, 0.15) is 10.1 Å². The molecule has 102 valence electrons. The van der Waals surface area contributed by atoms with Crippen LogP contribution in [-0.4, -0.2) is 6.10 Å². The summed E-state index contributed by atoms with van der Waals surface area (Å²) in [6.45, 7) is 4.01.